The first kappa shape index (κ1) is 11.8. The second kappa shape index (κ2) is 4.68. The number of aliphatic carboxylic acids is 1. The Morgan fingerprint density at radius 3 is 3.00 bits per heavy atom. The van der Waals surface area contributed by atoms with Crippen molar-refractivity contribution < 1.29 is 9.90 Å². The van der Waals surface area contributed by atoms with Gasteiger partial charge in [-0.3, -0.25) is 4.79 Å². The zero-order valence-corrected chi connectivity index (χ0v) is 10.5. The van der Waals surface area contributed by atoms with Gasteiger partial charge in [0.2, 0.25) is 0 Å². The number of hydrogen-bond acceptors (Lipinski definition) is 6. The fourth-order valence-corrected chi connectivity index (χ4v) is 3.53. The summed E-state index contributed by atoms with van der Waals surface area (Å²) in [6.45, 7) is 0. The van der Waals surface area contributed by atoms with Crippen molar-refractivity contribution in [3.05, 3.63) is 5.51 Å². The molecule has 1 heterocycles. The molecule has 2 rings (SSSR count). The summed E-state index contributed by atoms with van der Waals surface area (Å²) < 4.78 is 0.821. The summed E-state index contributed by atoms with van der Waals surface area (Å²) in [7, 11) is 1.72. The smallest absolute Gasteiger partial charge is 0.325 e. The molecule has 1 aliphatic carbocycles. The number of carbonyl (C=O) groups is 1. The average Bonchev–Trinajstić information content (AvgIpc) is 2.97. The Labute approximate surface area is 102 Å². The van der Waals surface area contributed by atoms with Crippen LogP contribution >= 0.6 is 23.1 Å². The van der Waals surface area contributed by atoms with Crippen LogP contribution in [0, 0.1) is 5.92 Å². The minimum absolute atomic E-state index is 0.246. The molecule has 0 saturated heterocycles. The van der Waals surface area contributed by atoms with E-state index in [1.807, 2.05) is 0 Å². The Morgan fingerprint density at radius 2 is 2.56 bits per heavy atom. The number of hydrogen-bond donors (Lipinski definition) is 2. The van der Waals surface area contributed by atoms with E-state index in [1.165, 1.54) is 23.1 Å². The highest BCUT2D eigenvalue weighted by Crippen LogP contribution is 2.42. The minimum Gasteiger partial charge on any atom is -0.480 e. The number of carboxylic acid groups (broad SMARTS) is 1. The van der Waals surface area contributed by atoms with E-state index >= 15 is 0 Å². The molecule has 7 heteroatoms. The van der Waals surface area contributed by atoms with Crippen LogP contribution < -0.4 is 5.32 Å². The normalized spacial score (nSPS) is 19.3. The zero-order valence-electron chi connectivity index (χ0n) is 8.84. The molecule has 2 N–H and O–H groups in total. The molecule has 1 saturated carbocycles. The third-order valence-corrected chi connectivity index (χ3v) is 4.92. The molecule has 1 fully saturated rings. The van der Waals surface area contributed by atoms with Crippen LogP contribution in [0.4, 0.5) is 0 Å². The first-order valence-corrected chi connectivity index (χ1v) is 6.87. The highest BCUT2D eigenvalue weighted by Gasteiger charge is 2.50. The van der Waals surface area contributed by atoms with E-state index in [0.29, 0.717) is 5.75 Å². The van der Waals surface area contributed by atoms with E-state index < -0.39 is 11.5 Å². The van der Waals surface area contributed by atoms with Crippen LogP contribution in [-0.4, -0.2) is 39.6 Å². The predicted octanol–water partition coefficient (Wildman–Crippen LogP) is 1.08. The Kier molecular flexibility index (Phi) is 3.46. The van der Waals surface area contributed by atoms with Crippen LogP contribution in [0.1, 0.15) is 12.8 Å². The number of rotatable bonds is 6. The van der Waals surface area contributed by atoms with Crippen LogP contribution in [0.25, 0.3) is 0 Å². The molecule has 0 aliphatic heterocycles. The number of nitrogens with one attached hydrogen (secondary N) is 1. The molecule has 1 unspecified atom stereocenters. The fourth-order valence-electron chi connectivity index (χ4n) is 1.71. The maximum absolute atomic E-state index is 11.4. The molecular weight excluding hydrogens is 246 g/mol. The Balaban J connectivity index is 2.04. The van der Waals surface area contributed by atoms with Gasteiger partial charge >= 0.3 is 5.97 Å². The van der Waals surface area contributed by atoms with Gasteiger partial charge in [0.1, 0.15) is 11.0 Å². The molecule has 1 aromatic heterocycles. The highest BCUT2D eigenvalue weighted by atomic mass is 32.2. The Morgan fingerprint density at radius 1 is 1.81 bits per heavy atom. The van der Waals surface area contributed by atoms with Crippen LogP contribution in [-0.2, 0) is 4.79 Å². The molecule has 1 aromatic rings. The van der Waals surface area contributed by atoms with Gasteiger partial charge in [0.05, 0.1) is 0 Å². The minimum atomic E-state index is -0.809. The summed E-state index contributed by atoms with van der Waals surface area (Å²) in [5.41, 5.74) is 0.845. The van der Waals surface area contributed by atoms with E-state index in [-0.39, 0.29) is 5.92 Å². The van der Waals surface area contributed by atoms with Crippen molar-refractivity contribution in [3.8, 4) is 0 Å². The molecule has 1 aliphatic rings. The van der Waals surface area contributed by atoms with Gasteiger partial charge in [0, 0.05) is 5.75 Å². The largest absolute Gasteiger partial charge is 0.480 e. The second-order valence-electron chi connectivity index (χ2n) is 3.79. The lowest BCUT2D eigenvalue weighted by molar-refractivity contribution is -0.144. The van der Waals surface area contributed by atoms with Crippen molar-refractivity contribution in [1.29, 1.82) is 0 Å². The number of likely N-dealkylation sites (N-methyl/N-ethyl adjacent to an activating group) is 1. The highest BCUT2D eigenvalue weighted by molar-refractivity contribution is 8.01. The fraction of sp³-hybridized carbons (Fsp3) is 0.667. The van der Waals surface area contributed by atoms with Gasteiger partial charge in [-0.05, 0) is 25.8 Å². The lowest BCUT2D eigenvalue weighted by Gasteiger charge is -2.28. The van der Waals surface area contributed by atoms with Crippen LogP contribution in [0.15, 0.2) is 9.85 Å². The van der Waals surface area contributed by atoms with E-state index in [2.05, 4.69) is 15.5 Å². The zero-order chi connectivity index (χ0) is 11.6. The van der Waals surface area contributed by atoms with Crippen molar-refractivity contribution in [2.75, 3.05) is 12.8 Å². The first-order valence-electron chi connectivity index (χ1n) is 5.00. The molecule has 1 atom stereocenters. The summed E-state index contributed by atoms with van der Waals surface area (Å²) in [5.74, 6) is -0.0245. The van der Waals surface area contributed by atoms with Gasteiger partial charge < -0.3 is 10.4 Å². The summed E-state index contributed by atoms with van der Waals surface area (Å²) in [4.78, 5) is 11.4. The maximum atomic E-state index is 11.4. The van der Waals surface area contributed by atoms with Gasteiger partial charge in [-0.25, -0.2) is 0 Å². The Bertz CT molecular complexity index is 367. The van der Waals surface area contributed by atoms with Crippen molar-refractivity contribution in [3.63, 3.8) is 0 Å². The third kappa shape index (κ3) is 2.21. The van der Waals surface area contributed by atoms with Crippen molar-refractivity contribution in [2.24, 2.45) is 5.92 Å². The van der Waals surface area contributed by atoms with Gasteiger partial charge in [-0.15, -0.1) is 10.2 Å². The molecule has 0 amide bonds. The molecule has 0 bridgehead atoms. The van der Waals surface area contributed by atoms with Crippen LogP contribution in [0.3, 0.4) is 0 Å². The number of carboxylic acids is 1. The first-order chi connectivity index (χ1) is 7.69. The molecule has 16 heavy (non-hydrogen) atoms. The van der Waals surface area contributed by atoms with Crippen LogP contribution in [0.5, 0.6) is 0 Å². The number of nitrogens with zero attached hydrogens (tertiary/aromatic N) is 2. The van der Waals surface area contributed by atoms with Crippen molar-refractivity contribution in [1.82, 2.24) is 15.5 Å². The molecule has 0 radical (unpaired) electrons. The number of thioether (sulfide) groups is 1. The molecule has 5 nitrogen and oxygen atoms in total. The lowest BCUT2D eigenvalue weighted by atomic mass is 9.96. The average molecular weight is 259 g/mol. The van der Waals surface area contributed by atoms with Gasteiger partial charge in [0.15, 0.2) is 4.34 Å². The monoisotopic (exact) mass is 259 g/mol. The molecule has 88 valence electrons. The predicted molar refractivity (Wildman–Crippen MR) is 62.8 cm³/mol. The summed E-state index contributed by atoms with van der Waals surface area (Å²) in [6, 6.07) is 0. The summed E-state index contributed by atoms with van der Waals surface area (Å²) >= 11 is 2.89. The van der Waals surface area contributed by atoms with E-state index in [4.69, 9.17) is 0 Å². The third-order valence-electron chi connectivity index (χ3n) is 2.87. The summed E-state index contributed by atoms with van der Waals surface area (Å²) in [5, 5.41) is 20.0. The number of aromatic nitrogens is 2. The molecule has 0 spiro atoms. The topological polar surface area (TPSA) is 75.1 Å². The second-order valence-corrected chi connectivity index (χ2v) is 5.85. The van der Waals surface area contributed by atoms with Crippen LogP contribution in [0.2, 0.25) is 0 Å². The lowest BCUT2D eigenvalue weighted by Crippen LogP contribution is -2.54. The molecular formula is C9H13N3O2S2. The summed E-state index contributed by atoms with van der Waals surface area (Å²) in [6.07, 6.45) is 1.98. The SMILES string of the molecule is CNC(CSc1nncs1)(C(=O)O)C1CC1. The maximum Gasteiger partial charge on any atom is 0.325 e. The van der Waals surface area contributed by atoms with Gasteiger partial charge in [0.25, 0.3) is 0 Å². The van der Waals surface area contributed by atoms with Gasteiger partial charge in [-0.1, -0.05) is 23.1 Å². The Hall–Kier alpha value is -0.660. The van der Waals surface area contributed by atoms with E-state index in [9.17, 15) is 9.90 Å². The van der Waals surface area contributed by atoms with E-state index in [0.717, 1.165) is 17.2 Å². The quantitative estimate of drug-likeness (QED) is 0.745. The van der Waals surface area contributed by atoms with Gasteiger partial charge in [-0.2, -0.15) is 0 Å². The van der Waals surface area contributed by atoms with Crippen molar-refractivity contribution >= 4 is 29.1 Å². The van der Waals surface area contributed by atoms with Crippen molar-refractivity contribution in [2.45, 2.75) is 22.7 Å². The standard InChI is InChI=1S/C9H13N3O2S2/c1-10-9(7(13)14,6-2-3-6)4-15-8-12-11-5-16-8/h5-6,10H,2-4H2,1H3,(H,13,14). The van der Waals surface area contributed by atoms with E-state index in [1.54, 1.807) is 12.6 Å². The molecule has 0 aromatic carbocycles.